The largest absolute Gasteiger partial charge is 0.494 e. The van der Waals surface area contributed by atoms with Gasteiger partial charge >= 0.3 is 5.97 Å². The van der Waals surface area contributed by atoms with Crippen LogP contribution in [0.25, 0.3) is 0 Å². The van der Waals surface area contributed by atoms with Gasteiger partial charge in [-0.3, -0.25) is 14.5 Å². The molecular weight excluding hydrogens is 298 g/mol. The average Bonchev–Trinajstić information content (AvgIpc) is 2.99. The monoisotopic (exact) mass is 321 g/mol. The van der Waals surface area contributed by atoms with Crippen molar-refractivity contribution in [3.8, 4) is 5.75 Å². The number of anilines is 2. The highest BCUT2D eigenvalue weighted by molar-refractivity contribution is 5.96. The molecule has 7 heteroatoms. The molecule has 1 amide bonds. The van der Waals surface area contributed by atoms with Gasteiger partial charge in [0.15, 0.2) is 0 Å². The number of nitrogen functional groups attached to an aromatic ring is 1. The van der Waals surface area contributed by atoms with Crippen molar-refractivity contribution in [1.29, 1.82) is 0 Å². The number of benzene rings is 1. The minimum Gasteiger partial charge on any atom is -0.494 e. The Balaban J connectivity index is 2.16. The molecule has 1 heterocycles. The maximum Gasteiger partial charge on any atom is 0.320 e. The van der Waals surface area contributed by atoms with Crippen LogP contribution in [0.1, 0.15) is 26.2 Å². The Hall–Kier alpha value is -2.28. The van der Waals surface area contributed by atoms with Gasteiger partial charge in [0, 0.05) is 11.8 Å². The smallest absolute Gasteiger partial charge is 0.320 e. The van der Waals surface area contributed by atoms with Gasteiger partial charge in [-0.15, -0.1) is 0 Å². The third-order valence-corrected chi connectivity index (χ3v) is 4.15. The lowest BCUT2D eigenvalue weighted by molar-refractivity contribution is -0.143. The summed E-state index contributed by atoms with van der Waals surface area (Å²) < 4.78 is 5.22. The molecule has 2 rings (SSSR count). The third-order valence-electron chi connectivity index (χ3n) is 4.15. The Kier molecular flexibility index (Phi) is 5.44. The van der Waals surface area contributed by atoms with Crippen molar-refractivity contribution in [2.45, 2.75) is 38.3 Å². The van der Waals surface area contributed by atoms with Gasteiger partial charge in [-0.1, -0.05) is 6.92 Å². The van der Waals surface area contributed by atoms with Crippen molar-refractivity contribution >= 4 is 23.3 Å². The zero-order chi connectivity index (χ0) is 17.0. The number of nitrogens with one attached hydrogen (secondary N) is 1. The summed E-state index contributed by atoms with van der Waals surface area (Å²) in [5.41, 5.74) is 6.77. The number of ether oxygens (including phenoxy) is 1. The number of hydrogen-bond acceptors (Lipinski definition) is 5. The van der Waals surface area contributed by atoms with Crippen molar-refractivity contribution in [3.63, 3.8) is 0 Å². The molecule has 23 heavy (non-hydrogen) atoms. The van der Waals surface area contributed by atoms with Gasteiger partial charge in [0.25, 0.3) is 0 Å². The van der Waals surface area contributed by atoms with Crippen LogP contribution in [0, 0.1) is 0 Å². The van der Waals surface area contributed by atoms with E-state index in [0.717, 1.165) is 6.42 Å². The van der Waals surface area contributed by atoms with Crippen LogP contribution >= 0.6 is 0 Å². The lowest BCUT2D eigenvalue weighted by Gasteiger charge is -2.29. The van der Waals surface area contributed by atoms with Crippen LogP contribution in [-0.4, -0.2) is 47.6 Å². The van der Waals surface area contributed by atoms with E-state index in [0.29, 0.717) is 36.5 Å². The number of rotatable bonds is 6. The summed E-state index contributed by atoms with van der Waals surface area (Å²) in [7, 11) is 1.50. The number of carboxylic acid groups (broad SMARTS) is 1. The van der Waals surface area contributed by atoms with Crippen molar-refractivity contribution < 1.29 is 19.4 Å². The quantitative estimate of drug-likeness (QED) is 0.687. The zero-order valence-corrected chi connectivity index (χ0v) is 13.4. The van der Waals surface area contributed by atoms with E-state index in [-0.39, 0.29) is 5.91 Å². The average molecular weight is 321 g/mol. The summed E-state index contributed by atoms with van der Waals surface area (Å²) in [6, 6.07) is 3.90. The summed E-state index contributed by atoms with van der Waals surface area (Å²) >= 11 is 0. The molecule has 1 aliphatic heterocycles. The predicted molar refractivity (Wildman–Crippen MR) is 87.5 cm³/mol. The van der Waals surface area contributed by atoms with Crippen LogP contribution in [0.15, 0.2) is 18.2 Å². The van der Waals surface area contributed by atoms with Gasteiger partial charge in [0.05, 0.1) is 18.8 Å². The van der Waals surface area contributed by atoms with E-state index in [2.05, 4.69) is 5.32 Å². The first-order valence-corrected chi connectivity index (χ1v) is 7.70. The zero-order valence-electron chi connectivity index (χ0n) is 13.4. The van der Waals surface area contributed by atoms with Gasteiger partial charge in [-0.05, 0) is 37.9 Å². The van der Waals surface area contributed by atoms with E-state index in [1.165, 1.54) is 7.11 Å². The molecule has 7 nitrogen and oxygen atoms in total. The maximum absolute atomic E-state index is 12.6. The van der Waals surface area contributed by atoms with Crippen molar-refractivity contribution in [2.75, 3.05) is 24.7 Å². The Morgan fingerprint density at radius 2 is 2.26 bits per heavy atom. The van der Waals surface area contributed by atoms with Crippen molar-refractivity contribution in [2.24, 2.45) is 0 Å². The highest BCUT2D eigenvalue weighted by Crippen LogP contribution is 2.28. The third kappa shape index (κ3) is 3.73. The van der Waals surface area contributed by atoms with Gasteiger partial charge in [-0.2, -0.15) is 0 Å². The summed E-state index contributed by atoms with van der Waals surface area (Å²) in [5.74, 6) is -0.632. The SMILES string of the molecule is CCC(C(=O)Nc1ccc(N)cc1OC)N1CCCC1C(=O)O. The molecule has 1 fully saturated rings. The second-order valence-corrected chi connectivity index (χ2v) is 5.61. The molecule has 0 aromatic heterocycles. The molecule has 1 aromatic carbocycles. The van der Waals surface area contributed by atoms with Crippen LogP contribution in [0.4, 0.5) is 11.4 Å². The van der Waals surface area contributed by atoms with E-state index < -0.39 is 18.1 Å². The fraction of sp³-hybridized carbons (Fsp3) is 0.500. The topological polar surface area (TPSA) is 105 Å². The number of carboxylic acids is 1. The lowest BCUT2D eigenvalue weighted by atomic mass is 10.1. The number of likely N-dealkylation sites (tertiary alicyclic amines) is 1. The Morgan fingerprint density at radius 1 is 1.52 bits per heavy atom. The highest BCUT2D eigenvalue weighted by Gasteiger charge is 2.37. The van der Waals surface area contributed by atoms with Gasteiger partial charge in [-0.25, -0.2) is 0 Å². The minimum absolute atomic E-state index is 0.233. The number of carbonyl (C=O) groups excluding carboxylic acids is 1. The molecule has 0 saturated carbocycles. The molecule has 1 saturated heterocycles. The molecule has 1 aliphatic rings. The Bertz CT molecular complexity index is 591. The van der Waals surface area contributed by atoms with Crippen molar-refractivity contribution in [3.05, 3.63) is 18.2 Å². The first kappa shape index (κ1) is 17.1. The second kappa shape index (κ2) is 7.32. The highest BCUT2D eigenvalue weighted by atomic mass is 16.5. The fourth-order valence-electron chi connectivity index (χ4n) is 3.02. The number of aliphatic carboxylic acids is 1. The minimum atomic E-state index is -0.876. The molecule has 0 aliphatic carbocycles. The number of methoxy groups -OCH3 is 1. The second-order valence-electron chi connectivity index (χ2n) is 5.61. The normalized spacial score (nSPS) is 19.3. The number of amides is 1. The molecule has 0 bridgehead atoms. The van der Waals surface area contributed by atoms with E-state index in [4.69, 9.17) is 10.5 Å². The van der Waals surface area contributed by atoms with Crippen LogP contribution in [-0.2, 0) is 9.59 Å². The van der Waals surface area contributed by atoms with E-state index in [9.17, 15) is 14.7 Å². The van der Waals surface area contributed by atoms with Crippen LogP contribution in [0.3, 0.4) is 0 Å². The van der Waals surface area contributed by atoms with Crippen LogP contribution < -0.4 is 15.8 Å². The predicted octanol–water partition coefficient (Wildman–Crippen LogP) is 1.54. The van der Waals surface area contributed by atoms with Gasteiger partial charge < -0.3 is 20.9 Å². The molecule has 1 aromatic rings. The summed E-state index contributed by atoms with van der Waals surface area (Å²) in [4.78, 5) is 25.7. The van der Waals surface area contributed by atoms with Crippen LogP contribution in [0.2, 0.25) is 0 Å². The molecule has 2 atom stereocenters. The number of nitrogens with zero attached hydrogens (tertiary/aromatic N) is 1. The molecule has 2 unspecified atom stereocenters. The summed E-state index contributed by atoms with van der Waals surface area (Å²) in [5, 5.41) is 12.1. The van der Waals surface area contributed by atoms with Crippen molar-refractivity contribution in [1.82, 2.24) is 4.90 Å². The maximum atomic E-state index is 12.6. The molecule has 0 radical (unpaired) electrons. The van der Waals surface area contributed by atoms with E-state index in [1.54, 1.807) is 23.1 Å². The number of carbonyl (C=O) groups is 2. The lowest BCUT2D eigenvalue weighted by Crippen LogP contribution is -2.48. The molecule has 0 spiro atoms. The summed E-state index contributed by atoms with van der Waals surface area (Å²) in [6.07, 6.45) is 1.89. The van der Waals surface area contributed by atoms with Gasteiger partial charge in [0.1, 0.15) is 11.8 Å². The van der Waals surface area contributed by atoms with Crippen LogP contribution in [0.5, 0.6) is 5.75 Å². The standard InChI is InChI=1S/C16H23N3O4/c1-3-12(19-8-4-5-13(19)16(21)22)15(20)18-11-7-6-10(17)9-14(11)23-2/h6-7,9,12-13H,3-5,8,17H2,1-2H3,(H,18,20)(H,21,22). The Morgan fingerprint density at radius 3 is 2.87 bits per heavy atom. The first-order chi connectivity index (χ1) is 11.0. The number of hydrogen-bond donors (Lipinski definition) is 3. The van der Waals surface area contributed by atoms with E-state index in [1.807, 2.05) is 6.92 Å². The van der Waals surface area contributed by atoms with E-state index >= 15 is 0 Å². The fourth-order valence-corrected chi connectivity index (χ4v) is 3.02. The van der Waals surface area contributed by atoms with Gasteiger partial charge in [0.2, 0.25) is 5.91 Å². The summed E-state index contributed by atoms with van der Waals surface area (Å²) in [6.45, 7) is 2.49. The molecule has 126 valence electrons. The Labute approximate surface area is 135 Å². The first-order valence-electron chi connectivity index (χ1n) is 7.70. The number of nitrogens with two attached hydrogens (primary N) is 1. The molecular formula is C16H23N3O4. The molecule has 4 N–H and O–H groups in total.